The van der Waals surface area contributed by atoms with E-state index in [1.807, 2.05) is 29.8 Å². The zero-order valence-electron chi connectivity index (χ0n) is 8.12. The van der Waals surface area contributed by atoms with E-state index >= 15 is 0 Å². The van der Waals surface area contributed by atoms with Crippen molar-refractivity contribution in [2.24, 2.45) is 0 Å². The summed E-state index contributed by atoms with van der Waals surface area (Å²) in [5.41, 5.74) is 1.08. The number of Topliss-reactive ketones (excluding diaryl/α,β-unsaturated/α-hetero) is 1. The van der Waals surface area contributed by atoms with Gasteiger partial charge in [0.25, 0.3) is 0 Å². The highest BCUT2D eigenvalue weighted by Gasteiger charge is 2.12. The summed E-state index contributed by atoms with van der Waals surface area (Å²) in [6, 6.07) is 3.99. The Labute approximate surface area is 105 Å². The Morgan fingerprint density at radius 3 is 2.80 bits per heavy atom. The van der Waals surface area contributed by atoms with Crippen molar-refractivity contribution < 1.29 is 4.79 Å². The summed E-state index contributed by atoms with van der Waals surface area (Å²) in [5.74, 6) is 0.219. The Kier molecular flexibility index (Phi) is 3.38. The molecule has 1 nitrogen and oxygen atoms in total. The number of thiophene rings is 2. The second-order valence-electron chi connectivity index (χ2n) is 3.26. The molecule has 0 saturated carbocycles. The van der Waals surface area contributed by atoms with E-state index in [1.165, 1.54) is 11.3 Å². The highest BCUT2D eigenvalue weighted by atomic mass is 79.9. The Morgan fingerprint density at radius 2 is 2.27 bits per heavy atom. The molecule has 0 aliphatic heterocycles. The summed E-state index contributed by atoms with van der Waals surface area (Å²) in [6.07, 6.45) is 0.512. The molecule has 0 radical (unpaired) electrons. The van der Waals surface area contributed by atoms with Gasteiger partial charge in [-0.1, -0.05) is 0 Å². The van der Waals surface area contributed by atoms with E-state index in [1.54, 1.807) is 11.3 Å². The fourth-order valence-corrected chi connectivity index (χ4v) is 3.66. The molecule has 2 aromatic heterocycles. The largest absolute Gasteiger partial charge is 0.293 e. The molecular weight excluding hydrogens is 292 g/mol. The van der Waals surface area contributed by atoms with Crippen molar-refractivity contribution >= 4 is 44.4 Å². The molecule has 2 aromatic rings. The van der Waals surface area contributed by atoms with Gasteiger partial charge >= 0.3 is 0 Å². The van der Waals surface area contributed by atoms with E-state index in [4.69, 9.17) is 0 Å². The fourth-order valence-electron chi connectivity index (χ4n) is 1.34. The van der Waals surface area contributed by atoms with Crippen LogP contribution in [0.15, 0.2) is 27.4 Å². The van der Waals surface area contributed by atoms with Crippen molar-refractivity contribution in [2.75, 3.05) is 0 Å². The minimum atomic E-state index is 0.219. The van der Waals surface area contributed by atoms with Gasteiger partial charge in [0.05, 0.1) is 4.88 Å². The van der Waals surface area contributed by atoms with E-state index in [9.17, 15) is 4.79 Å². The number of carbonyl (C=O) groups is 1. The smallest absolute Gasteiger partial charge is 0.178 e. The van der Waals surface area contributed by atoms with E-state index in [0.29, 0.717) is 6.42 Å². The average molecular weight is 301 g/mol. The number of rotatable bonds is 3. The Morgan fingerprint density at radius 1 is 1.47 bits per heavy atom. The summed E-state index contributed by atoms with van der Waals surface area (Å²) < 4.78 is 1.05. The lowest BCUT2D eigenvalue weighted by molar-refractivity contribution is 0.0997. The minimum Gasteiger partial charge on any atom is -0.293 e. The van der Waals surface area contributed by atoms with Gasteiger partial charge in [-0.3, -0.25) is 4.79 Å². The Bertz CT molecular complexity index is 484. The zero-order valence-corrected chi connectivity index (χ0v) is 11.3. The lowest BCUT2D eigenvalue weighted by Gasteiger charge is -1.96. The van der Waals surface area contributed by atoms with Crippen LogP contribution in [0.3, 0.4) is 0 Å². The molecule has 0 aromatic carbocycles. The second kappa shape index (κ2) is 4.60. The van der Waals surface area contributed by atoms with Gasteiger partial charge in [-0.15, -0.1) is 22.7 Å². The number of hydrogen-bond acceptors (Lipinski definition) is 3. The molecule has 0 aliphatic carbocycles. The van der Waals surface area contributed by atoms with Crippen molar-refractivity contribution in [3.63, 3.8) is 0 Å². The topological polar surface area (TPSA) is 17.1 Å². The third-order valence-corrected chi connectivity index (χ3v) is 4.83. The molecule has 15 heavy (non-hydrogen) atoms. The van der Waals surface area contributed by atoms with Gasteiger partial charge in [-0.05, 0) is 45.9 Å². The van der Waals surface area contributed by atoms with Crippen LogP contribution in [0.5, 0.6) is 0 Å². The number of halogens is 1. The second-order valence-corrected chi connectivity index (χ2v) is 6.09. The van der Waals surface area contributed by atoms with E-state index in [2.05, 4.69) is 15.9 Å². The van der Waals surface area contributed by atoms with Crippen LogP contribution in [0.25, 0.3) is 0 Å². The van der Waals surface area contributed by atoms with Gasteiger partial charge in [0, 0.05) is 21.2 Å². The van der Waals surface area contributed by atoms with Crippen molar-refractivity contribution in [1.29, 1.82) is 0 Å². The summed E-state index contributed by atoms with van der Waals surface area (Å²) in [5, 5.41) is 3.97. The number of ketones is 1. The quantitative estimate of drug-likeness (QED) is 0.772. The van der Waals surface area contributed by atoms with Crippen molar-refractivity contribution in [3.8, 4) is 0 Å². The van der Waals surface area contributed by atoms with Gasteiger partial charge in [-0.2, -0.15) is 0 Å². The molecule has 0 saturated heterocycles. The molecule has 0 unspecified atom stereocenters. The van der Waals surface area contributed by atoms with Crippen LogP contribution in [0.2, 0.25) is 0 Å². The third kappa shape index (κ3) is 2.56. The molecule has 0 fully saturated rings. The summed E-state index contributed by atoms with van der Waals surface area (Å²) >= 11 is 6.53. The first-order valence-corrected chi connectivity index (χ1v) is 7.02. The minimum absolute atomic E-state index is 0.219. The molecule has 0 spiro atoms. The first-order valence-electron chi connectivity index (χ1n) is 4.47. The first kappa shape index (κ1) is 11.0. The summed E-state index contributed by atoms with van der Waals surface area (Å²) in [7, 11) is 0. The van der Waals surface area contributed by atoms with Crippen LogP contribution in [0.1, 0.15) is 20.1 Å². The van der Waals surface area contributed by atoms with Crippen molar-refractivity contribution in [1.82, 2.24) is 0 Å². The van der Waals surface area contributed by atoms with Crippen LogP contribution < -0.4 is 0 Å². The van der Waals surface area contributed by atoms with E-state index in [-0.39, 0.29) is 5.78 Å². The van der Waals surface area contributed by atoms with Gasteiger partial charge in [0.1, 0.15) is 0 Å². The zero-order chi connectivity index (χ0) is 10.8. The van der Waals surface area contributed by atoms with Crippen LogP contribution in [-0.2, 0) is 6.42 Å². The molecule has 0 amide bonds. The average Bonchev–Trinajstić information content (AvgIpc) is 2.75. The summed E-state index contributed by atoms with van der Waals surface area (Å²) in [4.78, 5) is 13.9. The van der Waals surface area contributed by atoms with Crippen molar-refractivity contribution in [3.05, 3.63) is 42.7 Å². The molecule has 0 N–H and O–H groups in total. The molecule has 0 atom stereocenters. The van der Waals surface area contributed by atoms with Crippen LogP contribution in [-0.4, -0.2) is 5.78 Å². The molecule has 0 bridgehead atoms. The van der Waals surface area contributed by atoms with Crippen LogP contribution in [0, 0.1) is 6.92 Å². The number of aryl methyl sites for hydroxylation is 1. The predicted octanol–water partition coefficient (Wildman–Crippen LogP) is 4.31. The number of hydrogen-bond donors (Lipinski definition) is 0. The van der Waals surface area contributed by atoms with E-state index < -0.39 is 0 Å². The van der Waals surface area contributed by atoms with Gasteiger partial charge < -0.3 is 0 Å². The highest BCUT2D eigenvalue weighted by Crippen LogP contribution is 2.23. The monoisotopic (exact) mass is 300 g/mol. The Hall–Kier alpha value is -0.450. The Balaban J connectivity index is 2.14. The van der Waals surface area contributed by atoms with Gasteiger partial charge in [0.2, 0.25) is 0 Å². The maximum absolute atomic E-state index is 11.9. The highest BCUT2D eigenvalue weighted by molar-refractivity contribution is 9.10. The molecule has 2 rings (SSSR count). The SMILES string of the molecule is Cc1ccsc1C(=O)Cc1cc(Br)cs1. The third-order valence-electron chi connectivity index (χ3n) is 2.07. The molecule has 4 heteroatoms. The first-order chi connectivity index (χ1) is 7.16. The van der Waals surface area contributed by atoms with Gasteiger partial charge in [-0.25, -0.2) is 0 Å². The lowest BCUT2D eigenvalue weighted by Crippen LogP contribution is -2.00. The molecular formula is C11H9BrOS2. The molecule has 78 valence electrons. The van der Waals surface area contributed by atoms with Crippen molar-refractivity contribution in [2.45, 2.75) is 13.3 Å². The summed E-state index contributed by atoms with van der Waals surface area (Å²) in [6.45, 7) is 1.98. The van der Waals surface area contributed by atoms with Gasteiger partial charge in [0.15, 0.2) is 5.78 Å². The van der Waals surface area contributed by atoms with E-state index in [0.717, 1.165) is 19.8 Å². The van der Waals surface area contributed by atoms with Crippen LogP contribution in [0.4, 0.5) is 0 Å². The predicted molar refractivity (Wildman–Crippen MR) is 69.1 cm³/mol. The standard InChI is InChI=1S/C11H9BrOS2/c1-7-2-3-14-11(7)10(13)5-9-4-8(12)6-15-9/h2-4,6H,5H2,1H3. The normalized spacial score (nSPS) is 10.5. The fraction of sp³-hybridized carbons (Fsp3) is 0.182. The maximum Gasteiger partial charge on any atom is 0.178 e. The lowest BCUT2D eigenvalue weighted by atomic mass is 10.1. The molecule has 0 aliphatic rings. The number of carbonyl (C=O) groups excluding carboxylic acids is 1. The maximum atomic E-state index is 11.9. The molecule has 2 heterocycles. The van der Waals surface area contributed by atoms with Crippen LogP contribution >= 0.6 is 38.6 Å².